The van der Waals surface area contributed by atoms with E-state index in [1.54, 1.807) is 11.8 Å². The van der Waals surface area contributed by atoms with E-state index in [1.165, 1.54) is 5.56 Å². The number of hydrogen-bond donors (Lipinski definition) is 0. The van der Waals surface area contributed by atoms with Crippen LogP contribution in [-0.4, -0.2) is 60.0 Å². The zero-order valence-corrected chi connectivity index (χ0v) is 22.3. The summed E-state index contributed by atoms with van der Waals surface area (Å²) < 4.78 is 0. The second kappa shape index (κ2) is 11.5. The monoisotopic (exact) mass is 521 g/mol. The van der Waals surface area contributed by atoms with Crippen molar-refractivity contribution in [1.29, 1.82) is 0 Å². The maximum atomic E-state index is 12.6. The summed E-state index contributed by atoms with van der Waals surface area (Å²) in [6.45, 7) is 7.47. The molecule has 0 atom stereocenters. The smallest absolute Gasteiger partial charge is 0.253 e. The number of rotatable bonds is 7. The van der Waals surface area contributed by atoms with Crippen LogP contribution >= 0.6 is 23.4 Å². The molecule has 3 heterocycles. The number of aromatic nitrogens is 2. The largest absolute Gasteiger partial charge is 0.367 e. The van der Waals surface area contributed by atoms with E-state index >= 15 is 0 Å². The van der Waals surface area contributed by atoms with Crippen LogP contribution in [0, 0.1) is 0 Å². The van der Waals surface area contributed by atoms with E-state index in [4.69, 9.17) is 21.6 Å². The predicted octanol–water partition coefficient (Wildman–Crippen LogP) is 5.55. The number of amides is 1. The molecule has 2 aliphatic heterocycles. The van der Waals surface area contributed by atoms with Gasteiger partial charge in [0.05, 0.1) is 10.7 Å². The van der Waals surface area contributed by atoms with Crippen molar-refractivity contribution >= 4 is 40.8 Å². The zero-order chi connectivity index (χ0) is 24.9. The predicted molar refractivity (Wildman–Crippen MR) is 148 cm³/mol. The summed E-state index contributed by atoms with van der Waals surface area (Å²) in [5.41, 5.74) is 4.09. The minimum atomic E-state index is 0.143. The van der Waals surface area contributed by atoms with Crippen molar-refractivity contribution < 1.29 is 4.79 Å². The Morgan fingerprint density at radius 3 is 2.31 bits per heavy atom. The third-order valence-corrected chi connectivity index (χ3v) is 8.10. The molecule has 8 heteroatoms. The van der Waals surface area contributed by atoms with Crippen LogP contribution in [0.25, 0.3) is 0 Å². The highest BCUT2D eigenvalue weighted by atomic mass is 35.5. The highest BCUT2D eigenvalue weighted by Crippen LogP contribution is 2.28. The number of carbonyl (C=O) groups excluding carboxylic acids is 1. The lowest BCUT2D eigenvalue weighted by molar-refractivity contribution is 0.0793. The Morgan fingerprint density at radius 1 is 0.917 bits per heavy atom. The maximum absolute atomic E-state index is 12.6. The fourth-order valence-electron chi connectivity index (χ4n) is 4.75. The van der Waals surface area contributed by atoms with Crippen LogP contribution in [0.3, 0.4) is 0 Å². The molecule has 0 radical (unpaired) electrons. The molecule has 2 saturated heterocycles. The van der Waals surface area contributed by atoms with Crippen molar-refractivity contribution in [1.82, 2.24) is 14.9 Å². The van der Waals surface area contributed by atoms with Crippen LogP contribution in [0.5, 0.6) is 0 Å². The molecular formula is C28H32ClN5OS. The number of thioether (sulfide) groups is 1. The van der Waals surface area contributed by atoms with Crippen LogP contribution in [0.4, 0.5) is 11.5 Å². The highest BCUT2D eigenvalue weighted by molar-refractivity contribution is 7.98. The average Bonchev–Trinajstić information content (AvgIpc) is 3.47. The normalized spacial score (nSPS) is 16.0. The second-order valence-corrected chi connectivity index (χ2v) is 10.6. The lowest BCUT2D eigenvalue weighted by Crippen LogP contribution is -2.47. The molecule has 188 valence electrons. The molecule has 0 bridgehead atoms. The summed E-state index contributed by atoms with van der Waals surface area (Å²) in [5.74, 6) is 1.91. The average molecular weight is 522 g/mol. The first-order valence-electron chi connectivity index (χ1n) is 12.7. The lowest BCUT2D eigenvalue weighted by Gasteiger charge is -2.37. The molecule has 0 spiro atoms. The Labute approximate surface area is 222 Å². The molecule has 2 aliphatic rings. The topological polar surface area (TPSA) is 52.6 Å². The Kier molecular flexibility index (Phi) is 7.97. The van der Waals surface area contributed by atoms with E-state index in [-0.39, 0.29) is 5.91 Å². The second-order valence-electron chi connectivity index (χ2n) is 9.26. The molecule has 36 heavy (non-hydrogen) atoms. The van der Waals surface area contributed by atoms with Crippen LogP contribution in [0.2, 0.25) is 5.02 Å². The van der Waals surface area contributed by atoms with Crippen LogP contribution in [0.15, 0.2) is 59.8 Å². The van der Waals surface area contributed by atoms with E-state index in [0.717, 1.165) is 97.2 Å². The molecule has 0 saturated carbocycles. The standard InChI is InChI=1S/C28H32ClN5OS/c1-2-23-19-26(33-17-15-32(16-18-33)25-8-4-3-7-24(25)29)31-28(30-23)36-20-21-9-11-22(12-10-21)27(35)34-13-5-6-14-34/h3-4,7-12,19H,2,5-6,13-18,20H2,1H3. The molecular weight excluding hydrogens is 490 g/mol. The third kappa shape index (κ3) is 5.79. The molecule has 5 rings (SSSR count). The van der Waals surface area contributed by atoms with Crippen molar-refractivity contribution in [2.24, 2.45) is 0 Å². The van der Waals surface area contributed by atoms with Crippen molar-refractivity contribution in [3.8, 4) is 0 Å². The fraction of sp³-hybridized carbons (Fsp3) is 0.393. The van der Waals surface area contributed by atoms with Crippen LogP contribution in [-0.2, 0) is 12.2 Å². The molecule has 0 aliphatic carbocycles. The Balaban J connectivity index is 1.21. The third-order valence-electron chi connectivity index (χ3n) is 6.87. The summed E-state index contributed by atoms with van der Waals surface area (Å²) in [7, 11) is 0. The molecule has 3 aromatic rings. The number of benzene rings is 2. The first-order valence-corrected chi connectivity index (χ1v) is 14.1. The van der Waals surface area contributed by atoms with Gasteiger partial charge in [-0.2, -0.15) is 0 Å². The number of halogens is 1. The van der Waals surface area contributed by atoms with Crippen molar-refractivity contribution in [3.05, 3.63) is 76.4 Å². The number of likely N-dealkylation sites (tertiary alicyclic amines) is 1. The molecule has 6 nitrogen and oxygen atoms in total. The number of nitrogens with zero attached hydrogens (tertiary/aromatic N) is 5. The molecule has 2 aromatic carbocycles. The first kappa shape index (κ1) is 24.9. The van der Waals surface area contributed by atoms with Crippen molar-refractivity contribution in [2.75, 3.05) is 49.1 Å². The van der Waals surface area contributed by atoms with Gasteiger partial charge in [-0.25, -0.2) is 9.97 Å². The number of para-hydroxylation sites is 1. The fourth-order valence-corrected chi connectivity index (χ4v) is 5.83. The van der Waals surface area contributed by atoms with Gasteiger partial charge in [0.25, 0.3) is 5.91 Å². The summed E-state index contributed by atoms with van der Waals surface area (Å²) in [6, 6.07) is 18.2. The quantitative estimate of drug-likeness (QED) is 0.300. The van der Waals surface area contributed by atoms with Crippen molar-refractivity contribution in [3.63, 3.8) is 0 Å². The van der Waals surface area contributed by atoms with Gasteiger partial charge in [-0.05, 0) is 49.1 Å². The minimum absolute atomic E-state index is 0.143. The number of aryl methyl sites for hydroxylation is 1. The minimum Gasteiger partial charge on any atom is -0.367 e. The van der Waals surface area contributed by atoms with Crippen molar-refractivity contribution in [2.45, 2.75) is 37.1 Å². The van der Waals surface area contributed by atoms with Gasteiger partial charge >= 0.3 is 0 Å². The van der Waals surface area contributed by atoms with Gasteiger partial charge in [0.15, 0.2) is 5.16 Å². The summed E-state index contributed by atoms with van der Waals surface area (Å²) in [5, 5.41) is 1.60. The molecule has 0 N–H and O–H groups in total. The Morgan fingerprint density at radius 2 is 1.61 bits per heavy atom. The van der Waals surface area contributed by atoms with E-state index in [0.29, 0.717) is 0 Å². The van der Waals surface area contributed by atoms with Gasteiger partial charge in [-0.1, -0.05) is 54.6 Å². The Hall–Kier alpha value is -2.77. The van der Waals surface area contributed by atoms with Gasteiger partial charge < -0.3 is 14.7 Å². The first-order chi connectivity index (χ1) is 17.6. The Bertz CT molecular complexity index is 1190. The summed E-state index contributed by atoms with van der Waals surface area (Å²) >= 11 is 8.06. The van der Waals surface area contributed by atoms with Crippen LogP contribution < -0.4 is 9.80 Å². The van der Waals surface area contributed by atoms with E-state index in [9.17, 15) is 4.79 Å². The highest BCUT2D eigenvalue weighted by Gasteiger charge is 2.21. The SMILES string of the molecule is CCc1cc(N2CCN(c3ccccc3Cl)CC2)nc(SCc2ccc(C(=O)N3CCCC3)cc2)n1. The van der Waals surface area contributed by atoms with E-state index < -0.39 is 0 Å². The van der Waals surface area contributed by atoms with Gasteiger partial charge in [0, 0.05) is 62.3 Å². The number of hydrogen-bond acceptors (Lipinski definition) is 6. The number of carbonyl (C=O) groups is 1. The lowest BCUT2D eigenvalue weighted by atomic mass is 10.1. The number of piperazine rings is 1. The van der Waals surface area contributed by atoms with Gasteiger partial charge in [0.1, 0.15) is 5.82 Å². The molecule has 2 fully saturated rings. The summed E-state index contributed by atoms with van der Waals surface area (Å²) in [6.07, 6.45) is 3.09. The van der Waals surface area contributed by atoms with Gasteiger partial charge in [0.2, 0.25) is 0 Å². The number of anilines is 2. The zero-order valence-electron chi connectivity index (χ0n) is 20.7. The summed E-state index contributed by atoms with van der Waals surface area (Å²) in [4.78, 5) is 28.9. The van der Waals surface area contributed by atoms with Gasteiger partial charge in [-0.15, -0.1) is 0 Å². The van der Waals surface area contributed by atoms with E-state index in [2.05, 4.69) is 41.0 Å². The van der Waals surface area contributed by atoms with E-state index in [1.807, 2.05) is 35.2 Å². The molecule has 1 aromatic heterocycles. The van der Waals surface area contributed by atoms with Crippen LogP contribution in [0.1, 0.15) is 41.4 Å². The van der Waals surface area contributed by atoms with Gasteiger partial charge in [-0.3, -0.25) is 4.79 Å². The molecule has 0 unspecified atom stereocenters. The maximum Gasteiger partial charge on any atom is 0.253 e. The molecule has 1 amide bonds.